The van der Waals surface area contributed by atoms with Gasteiger partial charge in [0.1, 0.15) is 13.2 Å². The van der Waals surface area contributed by atoms with E-state index >= 15 is 0 Å². The average molecular weight is 463 g/mol. The molecular weight excluding hydrogens is 432 g/mol. The van der Waals surface area contributed by atoms with E-state index < -0.39 is 12.1 Å². The number of fused-ring (bicyclic) bond motifs is 3. The quantitative estimate of drug-likeness (QED) is 0.644. The molecule has 2 aromatic rings. The van der Waals surface area contributed by atoms with Crippen molar-refractivity contribution < 1.29 is 24.2 Å². The summed E-state index contributed by atoms with van der Waals surface area (Å²) < 4.78 is 5.60. The van der Waals surface area contributed by atoms with Crippen LogP contribution in [-0.2, 0) is 14.3 Å². The maximum absolute atomic E-state index is 12.9. The summed E-state index contributed by atoms with van der Waals surface area (Å²) in [5, 5.41) is 12.1. The lowest BCUT2D eigenvalue weighted by Crippen LogP contribution is -2.53. The van der Waals surface area contributed by atoms with Crippen LogP contribution in [-0.4, -0.2) is 53.2 Å². The van der Waals surface area contributed by atoms with E-state index in [-0.39, 0.29) is 43.0 Å². The van der Waals surface area contributed by atoms with Crippen LogP contribution < -0.4 is 5.32 Å². The highest BCUT2D eigenvalue weighted by molar-refractivity contribution is 5.84. The molecule has 2 aromatic carbocycles. The molecule has 34 heavy (non-hydrogen) atoms. The molecule has 2 fully saturated rings. The van der Waals surface area contributed by atoms with Gasteiger partial charge in [-0.15, -0.1) is 0 Å². The SMILES string of the molecule is O=C(O)CN(C(=O)C1CC(NC(=O)OCC2c3ccccc3-c3ccccc32)C1)C1CCCC1. The Labute approximate surface area is 199 Å². The number of hydrogen-bond donors (Lipinski definition) is 2. The van der Waals surface area contributed by atoms with Crippen LogP contribution in [0.4, 0.5) is 4.79 Å². The van der Waals surface area contributed by atoms with Gasteiger partial charge in [0.05, 0.1) is 0 Å². The van der Waals surface area contributed by atoms with E-state index in [1.54, 1.807) is 4.90 Å². The monoisotopic (exact) mass is 462 g/mol. The van der Waals surface area contributed by atoms with Crippen molar-refractivity contribution in [2.24, 2.45) is 5.92 Å². The van der Waals surface area contributed by atoms with Gasteiger partial charge >= 0.3 is 12.1 Å². The minimum absolute atomic E-state index is 0.00450. The second-order valence-electron chi connectivity index (χ2n) is 9.63. The van der Waals surface area contributed by atoms with Gasteiger partial charge in [0.2, 0.25) is 5.91 Å². The Hall–Kier alpha value is -3.35. The predicted molar refractivity (Wildman–Crippen MR) is 126 cm³/mol. The number of ether oxygens (including phenoxy) is 1. The van der Waals surface area contributed by atoms with Gasteiger partial charge in [-0.05, 0) is 47.9 Å². The smallest absolute Gasteiger partial charge is 0.407 e. The Morgan fingerprint density at radius 1 is 0.941 bits per heavy atom. The van der Waals surface area contributed by atoms with Gasteiger partial charge in [-0.2, -0.15) is 0 Å². The van der Waals surface area contributed by atoms with E-state index in [0.717, 1.165) is 36.8 Å². The van der Waals surface area contributed by atoms with Crippen LogP contribution in [0.2, 0.25) is 0 Å². The van der Waals surface area contributed by atoms with E-state index in [1.807, 2.05) is 24.3 Å². The van der Waals surface area contributed by atoms with Gasteiger partial charge in [-0.1, -0.05) is 61.4 Å². The lowest BCUT2D eigenvalue weighted by Gasteiger charge is -2.39. The van der Waals surface area contributed by atoms with Crippen molar-refractivity contribution in [1.82, 2.24) is 10.2 Å². The number of carboxylic acid groups (broad SMARTS) is 1. The number of nitrogens with zero attached hydrogens (tertiary/aromatic N) is 1. The minimum atomic E-state index is -0.979. The van der Waals surface area contributed by atoms with E-state index in [2.05, 4.69) is 29.6 Å². The fourth-order valence-corrected chi connectivity index (χ4v) is 5.73. The standard InChI is InChI=1S/C27H30N2O5/c30-25(31)15-29(19-7-1-2-8-19)26(32)17-13-18(14-17)28-27(33)34-16-24-22-11-5-3-9-20(22)21-10-4-6-12-23(21)24/h3-6,9-12,17-19,24H,1-2,7-8,13-16H2,(H,28,33)(H,30,31). The first kappa shape index (κ1) is 22.4. The van der Waals surface area contributed by atoms with Crippen LogP contribution in [0.25, 0.3) is 11.1 Å². The van der Waals surface area contributed by atoms with Gasteiger partial charge in [-0.25, -0.2) is 4.79 Å². The molecular formula is C27H30N2O5. The molecule has 5 rings (SSSR count). The molecule has 0 aromatic heterocycles. The van der Waals surface area contributed by atoms with Gasteiger partial charge < -0.3 is 20.1 Å². The molecule has 0 aliphatic heterocycles. The summed E-state index contributed by atoms with van der Waals surface area (Å²) in [6, 6.07) is 16.3. The van der Waals surface area contributed by atoms with Crippen LogP contribution in [0.5, 0.6) is 0 Å². The second-order valence-corrected chi connectivity index (χ2v) is 9.63. The number of hydrogen-bond acceptors (Lipinski definition) is 4. The third kappa shape index (κ3) is 4.39. The molecule has 0 spiro atoms. The van der Waals surface area contributed by atoms with Crippen molar-refractivity contribution in [3.05, 3.63) is 59.7 Å². The molecule has 2 saturated carbocycles. The highest BCUT2D eigenvalue weighted by Gasteiger charge is 2.40. The molecule has 0 atom stereocenters. The Bertz CT molecular complexity index is 1040. The largest absolute Gasteiger partial charge is 0.480 e. The molecule has 0 saturated heterocycles. The number of amides is 2. The van der Waals surface area contributed by atoms with Crippen LogP contribution >= 0.6 is 0 Å². The normalized spacial score (nSPS) is 21.3. The maximum Gasteiger partial charge on any atom is 0.407 e. The van der Waals surface area contributed by atoms with Crippen molar-refractivity contribution in [3.8, 4) is 11.1 Å². The van der Waals surface area contributed by atoms with E-state index in [0.29, 0.717) is 12.8 Å². The van der Waals surface area contributed by atoms with Gasteiger partial charge in [0.25, 0.3) is 0 Å². The zero-order valence-electron chi connectivity index (χ0n) is 19.1. The van der Waals surface area contributed by atoms with E-state index in [1.165, 1.54) is 11.1 Å². The fourth-order valence-electron chi connectivity index (χ4n) is 5.73. The zero-order chi connectivity index (χ0) is 23.7. The number of carboxylic acids is 1. The zero-order valence-corrected chi connectivity index (χ0v) is 19.1. The summed E-state index contributed by atoms with van der Waals surface area (Å²) >= 11 is 0. The summed E-state index contributed by atoms with van der Waals surface area (Å²) in [4.78, 5) is 38.2. The van der Waals surface area contributed by atoms with Crippen LogP contribution in [0, 0.1) is 5.92 Å². The molecule has 3 aliphatic rings. The lowest BCUT2D eigenvalue weighted by molar-refractivity contribution is -0.150. The number of nitrogens with one attached hydrogen (secondary N) is 1. The minimum Gasteiger partial charge on any atom is -0.480 e. The fraction of sp³-hybridized carbons (Fsp3) is 0.444. The number of rotatable bonds is 7. The van der Waals surface area contributed by atoms with Gasteiger partial charge in [0.15, 0.2) is 0 Å². The Kier molecular flexibility index (Phi) is 6.26. The van der Waals surface area contributed by atoms with Crippen molar-refractivity contribution in [1.29, 1.82) is 0 Å². The first-order valence-electron chi connectivity index (χ1n) is 12.1. The average Bonchev–Trinajstić information content (AvgIpc) is 3.44. The number of carbonyl (C=O) groups is 3. The molecule has 2 amide bonds. The highest BCUT2D eigenvalue weighted by atomic mass is 16.5. The molecule has 7 nitrogen and oxygen atoms in total. The van der Waals surface area contributed by atoms with E-state index in [4.69, 9.17) is 4.74 Å². The number of aliphatic carboxylic acids is 1. The Balaban J connectivity index is 1.13. The molecule has 7 heteroatoms. The topological polar surface area (TPSA) is 95.9 Å². The third-order valence-electron chi connectivity index (χ3n) is 7.51. The maximum atomic E-state index is 12.9. The summed E-state index contributed by atoms with van der Waals surface area (Å²) in [6.45, 7) is 0.00742. The lowest BCUT2D eigenvalue weighted by atomic mass is 9.79. The highest BCUT2D eigenvalue weighted by Crippen LogP contribution is 2.44. The molecule has 3 aliphatic carbocycles. The van der Waals surface area contributed by atoms with Gasteiger partial charge in [-0.3, -0.25) is 9.59 Å². The molecule has 2 N–H and O–H groups in total. The molecule has 0 unspecified atom stereocenters. The van der Waals surface area contributed by atoms with Crippen molar-refractivity contribution in [2.45, 2.75) is 56.5 Å². The summed E-state index contributed by atoms with van der Waals surface area (Å²) in [5.41, 5.74) is 4.69. The molecule has 178 valence electrons. The number of benzene rings is 2. The summed E-state index contributed by atoms with van der Waals surface area (Å²) in [6.07, 6.45) is 4.36. The Morgan fingerprint density at radius 3 is 2.12 bits per heavy atom. The Morgan fingerprint density at radius 2 is 1.53 bits per heavy atom. The molecule has 0 radical (unpaired) electrons. The van der Waals surface area contributed by atoms with E-state index in [9.17, 15) is 19.5 Å². The molecule has 0 bridgehead atoms. The summed E-state index contributed by atoms with van der Waals surface area (Å²) in [5.74, 6) is -1.31. The molecule has 0 heterocycles. The van der Waals surface area contributed by atoms with Crippen LogP contribution in [0.3, 0.4) is 0 Å². The van der Waals surface area contributed by atoms with Gasteiger partial charge in [0, 0.05) is 23.9 Å². The predicted octanol–water partition coefficient (Wildman–Crippen LogP) is 4.16. The van der Waals surface area contributed by atoms with Crippen molar-refractivity contribution >= 4 is 18.0 Å². The number of carbonyl (C=O) groups excluding carboxylic acids is 2. The number of alkyl carbamates (subject to hydrolysis) is 1. The van der Waals surface area contributed by atoms with Crippen molar-refractivity contribution in [2.75, 3.05) is 13.2 Å². The second kappa shape index (κ2) is 9.49. The van der Waals surface area contributed by atoms with Crippen molar-refractivity contribution in [3.63, 3.8) is 0 Å². The van der Waals surface area contributed by atoms with Crippen LogP contribution in [0.15, 0.2) is 48.5 Å². The third-order valence-corrected chi connectivity index (χ3v) is 7.51. The summed E-state index contributed by atoms with van der Waals surface area (Å²) in [7, 11) is 0. The first-order valence-corrected chi connectivity index (χ1v) is 12.1. The first-order chi connectivity index (χ1) is 16.5. The van der Waals surface area contributed by atoms with Crippen LogP contribution in [0.1, 0.15) is 55.6 Å².